The van der Waals surface area contributed by atoms with Crippen LogP contribution < -0.4 is 10.6 Å². The summed E-state index contributed by atoms with van der Waals surface area (Å²) in [6.45, 7) is 2.84. The Morgan fingerprint density at radius 1 is 1.16 bits per heavy atom. The van der Waals surface area contributed by atoms with Gasteiger partial charge in [-0.05, 0) is 48.4 Å². The summed E-state index contributed by atoms with van der Waals surface area (Å²) < 4.78 is 0. The smallest absolute Gasteiger partial charge is 0.0991 e. The summed E-state index contributed by atoms with van der Waals surface area (Å²) in [5, 5.41) is 8.88. The van der Waals surface area contributed by atoms with Crippen LogP contribution >= 0.6 is 0 Å². The van der Waals surface area contributed by atoms with Gasteiger partial charge in [0.25, 0.3) is 0 Å². The van der Waals surface area contributed by atoms with E-state index >= 15 is 0 Å². The van der Waals surface area contributed by atoms with E-state index in [1.165, 1.54) is 5.56 Å². The van der Waals surface area contributed by atoms with Crippen molar-refractivity contribution in [3.63, 3.8) is 0 Å². The standard InChI is InChI=1S/C16H17N3/c1-12-9-14(10-17)5-8-16(12)19(2)11-13-3-6-15(18)7-4-13/h3-9H,11,18H2,1-2H3. The lowest BCUT2D eigenvalue weighted by Gasteiger charge is -2.21. The van der Waals surface area contributed by atoms with Crippen LogP contribution in [0, 0.1) is 18.3 Å². The Labute approximate surface area is 113 Å². The van der Waals surface area contributed by atoms with Crippen LogP contribution in [0.2, 0.25) is 0 Å². The molecule has 0 unspecified atom stereocenters. The number of nitriles is 1. The molecule has 0 aliphatic rings. The van der Waals surface area contributed by atoms with Crippen molar-refractivity contribution in [2.24, 2.45) is 0 Å². The molecule has 3 nitrogen and oxygen atoms in total. The van der Waals surface area contributed by atoms with Gasteiger partial charge in [0.15, 0.2) is 0 Å². The zero-order valence-corrected chi connectivity index (χ0v) is 11.2. The summed E-state index contributed by atoms with van der Waals surface area (Å²) in [5.41, 5.74) is 10.6. The van der Waals surface area contributed by atoms with Crippen LogP contribution in [-0.2, 0) is 6.54 Å². The number of nitrogens with two attached hydrogens (primary N) is 1. The molecule has 2 N–H and O–H groups in total. The van der Waals surface area contributed by atoms with Crippen LogP contribution in [0.5, 0.6) is 0 Å². The zero-order valence-electron chi connectivity index (χ0n) is 11.2. The first-order valence-electron chi connectivity index (χ1n) is 6.16. The molecular formula is C16H17N3. The Morgan fingerprint density at radius 2 is 1.84 bits per heavy atom. The first-order valence-corrected chi connectivity index (χ1v) is 6.16. The van der Waals surface area contributed by atoms with Crippen LogP contribution in [0.15, 0.2) is 42.5 Å². The fourth-order valence-corrected chi connectivity index (χ4v) is 2.14. The molecule has 2 rings (SSSR count). The minimum absolute atomic E-state index is 0.696. The summed E-state index contributed by atoms with van der Waals surface area (Å²) in [6.07, 6.45) is 0. The second-order valence-electron chi connectivity index (χ2n) is 4.71. The average Bonchev–Trinajstić information content (AvgIpc) is 2.41. The number of aryl methyl sites for hydroxylation is 1. The number of benzene rings is 2. The van der Waals surface area contributed by atoms with E-state index in [0.717, 1.165) is 23.5 Å². The molecule has 96 valence electrons. The van der Waals surface area contributed by atoms with Crippen molar-refractivity contribution in [2.45, 2.75) is 13.5 Å². The molecule has 0 amide bonds. The third-order valence-corrected chi connectivity index (χ3v) is 3.14. The van der Waals surface area contributed by atoms with Gasteiger partial charge in [0.05, 0.1) is 11.6 Å². The third kappa shape index (κ3) is 3.05. The molecular weight excluding hydrogens is 234 g/mol. The van der Waals surface area contributed by atoms with Gasteiger partial charge < -0.3 is 10.6 Å². The lowest BCUT2D eigenvalue weighted by Crippen LogP contribution is -2.17. The van der Waals surface area contributed by atoms with Crippen molar-refractivity contribution in [3.8, 4) is 6.07 Å². The highest BCUT2D eigenvalue weighted by Crippen LogP contribution is 2.21. The third-order valence-electron chi connectivity index (χ3n) is 3.14. The number of rotatable bonds is 3. The van der Waals surface area contributed by atoms with Crippen LogP contribution in [0.4, 0.5) is 11.4 Å². The number of anilines is 2. The lowest BCUT2D eigenvalue weighted by molar-refractivity contribution is 0.917. The number of nitrogens with zero attached hydrogens (tertiary/aromatic N) is 2. The highest BCUT2D eigenvalue weighted by atomic mass is 15.1. The molecule has 0 aromatic heterocycles. The summed E-state index contributed by atoms with van der Waals surface area (Å²) in [6, 6.07) is 15.8. The van der Waals surface area contributed by atoms with Gasteiger partial charge in [0.2, 0.25) is 0 Å². The van der Waals surface area contributed by atoms with Crippen LogP contribution in [0.3, 0.4) is 0 Å². The first-order chi connectivity index (χ1) is 9.10. The number of hydrogen-bond donors (Lipinski definition) is 1. The number of nitrogen functional groups attached to an aromatic ring is 1. The summed E-state index contributed by atoms with van der Waals surface area (Å²) in [4.78, 5) is 2.17. The second kappa shape index (κ2) is 5.45. The average molecular weight is 251 g/mol. The molecule has 0 fully saturated rings. The quantitative estimate of drug-likeness (QED) is 0.853. The maximum Gasteiger partial charge on any atom is 0.0991 e. The van der Waals surface area contributed by atoms with Crippen molar-refractivity contribution in [2.75, 3.05) is 17.7 Å². The highest BCUT2D eigenvalue weighted by Gasteiger charge is 2.06. The van der Waals surface area contributed by atoms with Gasteiger partial charge in [0, 0.05) is 25.0 Å². The van der Waals surface area contributed by atoms with Gasteiger partial charge in [-0.2, -0.15) is 5.26 Å². The molecule has 2 aromatic carbocycles. The fourth-order valence-electron chi connectivity index (χ4n) is 2.14. The maximum atomic E-state index is 8.88. The Kier molecular flexibility index (Phi) is 3.72. The monoisotopic (exact) mass is 251 g/mol. The molecule has 0 saturated carbocycles. The van der Waals surface area contributed by atoms with Gasteiger partial charge in [-0.3, -0.25) is 0 Å². The molecule has 2 aromatic rings. The highest BCUT2D eigenvalue weighted by molar-refractivity contribution is 5.56. The molecule has 0 spiro atoms. The van der Waals surface area contributed by atoms with Gasteiger partial charge >= 0.3 is 0 Å². The van der Waals surface area contributed by atoms with Crippen LogP contribution in [-0.4, -0.2) is 7.05 Å². The van der Waals surface area contributed by atoms with E-state index in [-0.39, 0.29) is 0 Å². The predicted molar refractivity (Wildman–Crippen MR) is 78.9 cm³/mol. The van der Waals surface area contributed by atoms with E-state index in [0.29, 0.717) is 5.56 Å². The molecule has 19 heavy (non-hydrogen) atoms. The van der Waals surface area contributed by atoms with Gasteiger partial charge in [0.1, 0.15) is 0 Å². The number of hydrogen-bond acceptors (Lipinski definition) is 3. The summed E-state index contributed by atoms with van der Waals surface area (Å²) >= 11 is 0. The predicted octanol–water partition coefficient (Wildman–Crippen LogP) is 3.09. The lowest BCUT2D eigenvalue weighted by atomic mass is 10.1. The molecule has 0 bridgehead atoms. The van der Waals surface area contributed by atoms with E-state index < -0.39 is 0 Å². The molecule has 0 saturated heterocycles. The molecule has 0 radical (unpaired) electrons. The van der Waals surface area contributed by atoms with E-state index in [1.54, 1.807) is 0 Å². The summed E-state index contributed by atoms with van der Waals surface area (Å²) in [7, 11) is 2.05. The fraction of sp³-hybridized carbons (Fsp3) is 0.188. The normalized spacial score (nSPS) is 9.95. The molecule has 3 heteroatoms. The summed E-state index contributed by atoms with van der Waals surface area (Å²) in [5.74, 6) is 0. The Morgan fingerprint density at radius 3 is 2.42 bits per heavy atom. The van der Waals surface area contributed by atoms with E-state index in [2.05, 4.69) is 11.0 Å². The second-order valence-corrected chi connectivity index (χ2v) is 4.71. The Hall–Kier alpha value is -2.47. The first kappa shape index (κ1) is 13.0. The SMILES string of the molecule is Cc1cc(C#N)ccc1N(C)Cc1ccc(N)cc1. The molecule has 0 aliphatic heterocycles. The van der Waals surface area contributed by atoms with E-state index in [1.807, 2.05) is 56.4 Å². The van der Waals surface area contributed by atoms with Crippen LogP contribution in [0.1, 0.15) is 16.7 Å². The Bertz CT molecular complexity index is 609. The minimum Gasteiger partial charge on any atom is -0.399 e. The van der Waals surface area contributed by atoms with Crippen molar-refractivity contribution in [3.05, 3.63) is 59.2 Å². The van der Waals surface area contributed by atoms with Gasteiger partial charge in [-0.25, -0.2) is 0 Å². The van der Waals surface area contributed by atoms with E-state index in [9.17, 15) is 0 Å². The molecule has 0 aliphatic carbocycles. The van der Waals surface area contributed by atoms with Gasteiger partial charge in [-0.1, -0.05) is 12.1 Å². The molecule has 0 atom stereocenters. The van der Waals surface area contributed by atoms with Crippen LogP contribution in [0.25, 0.3) is 0 Å². The van der Waals surface area contributed by atoms with E-state index in [4.69, 9.17) is 11.0 Å². The maximum absolute atomic E-state index is 8.88. The van der Waals surface area contributed by atoms with Gasteiger partial charge in [-0.15, -0.1) is 0 Å². The largest absolute Gasteiger partial charge is 0.399 e. The minimum atomic E-state index is 0.696. The van der Waals surface area contributed by atoms with Crippen molar-refractivity contribution < 1.29 is 0 Å². The van der Waals surface area contributed by atoms with Crippen molar-refractivity contribution in [1.29, 1.82) is 5.26 Å². The molecule has 0 heterocycles. The van der Waals surface area contributed by atoms with Crippen molar-refractivity contribution in [1.82, 2.24) is 0 Å². The topological polar surface area (TPSA) is 53.0 Å². The Balaban J connectivity index is 2.18. The zero-order chi connectivity index (χ0) is 13.8. The van der Waals surface area contributed by atoms with Crippen molar-refractivity contribution >= 4 is 11.4 Å².